The molecule has 1 unspecified atom stereocenters. The molecular weight excluding hydrogens is 240 g/mol. The Labute approximate surface area is 115 Å². The fourth-order valence-corrected chi connectivity index (χ4v) is 2.11. The van der Waals surface area contributed by atoms with Gasteiger partial charge in [-0.25, -0.2) is 0 Å². The summed E-state index contributed by atoms with van der Waals surface area (Å²) in [6.07, 6.45) is 0. The summed E-state index contributed by atoms with van der Waals surface area (Å²) in [6.45, 7) is 11.1. The second kappa shape index (κ2) is 5.33. The monoisotopic (exact) mass is 264 g/mol. The van der Waals surface area contributed by atoms with Crippen LogP contribution in [0.4, 0.5) is 0 Å². The van der Waals surface area contributed by atoms with Crippen molar-refractivity contribution < 1.29 is 14.6 Å². The van der Waals surface area contributed by atoms with E-state index in [4.69, 9.17) is 4.74 Å². The molecule has 0 aliphatic heterocycles. The molecule has 1 aromatic carbocycles. The summed E-state index contributed by atoms with van der Waals surface area (Å²) in [6, 6.07) is 5.88. The molecule has 0 radical (unpaired) electrons. The van der Waals surface area contributed by atoms with E-state index in [0.717, 1.165) is 16.7 Å². The van der Waals surface area contributed by atoms with E-state index in [2.05, 4.69) is 0 Å². The van der Waals surface area contributed by atoms with Crippen molar-refractivity contribution in [3.8, 4) is 0 Å². The minimum absolute atomic E-state index is 0.311. The van der Waals surface area contributed by atoms with Gasteiger partial charge in [0.2, 0.25) is 0 Å². The number of hydrogen-bond acceptors (Lipinski definition) is 3. The number of benzene rings is 1. The molecular formula is C16H24O3. The predicted octanol–water partition coefficient (Wildman–Crippen LogP) is 3.10. The summed E-state index contributed by atoms with van der Waals surface area (Å²) in [4.78, 5) is 12.1. The van der Waals surface area contributed by atoms with Crippen molar-refractivity contribution in [1.82, 2.24) is 0 Å². The lowest BCUT2D eigenvalue weighted by Crippen LogP contribution is -2.46. The Morgan fingerprint density at radius 3 is 2.37 bits per heavy atom. The molecule has 1 N–H and O–H groups in total. The SMILES string of the molecule is CCOC(=O)C(C)(C)C(C)(O)c1cc(C)ccc1C. The van der Waals surface area contributed by atoms with Crippen molar-refractivity contribution in [3.63, 3.8) is 0 Å². The molecule has 1 atom stereocenters. The van der Waals surface area contributed by atoms with E-state index in [1.165, 1.54) is 0 Å². The maximum atomic E-state index is 12.1. The van der Waals surface area contributed by atoms with Gasteiger partial charge in [0, 0.05) is 0 Å². The maximum absolute atomic E-state index is 12.1. The van der Waals surface area contributed by atoms with Gasteiger partial charge < -0.3 is 9.84 Å². The molecule has 19 heavy (non-hydrogen) atoms. The van der Waals surface area contributed by atoms with E-state index < -0.39 is 11.0 Å². The van der Waals surface area contributed by atoms with Gasteiger partial charge in [0.05, 0.1) is 12.0 Å². The van der Waals surface area contributed by atoms with Crippen LogP contribution in [0.2, 0.25) is 0 Å². The van der Waals surface area contributed by atoms with Crippen molar-refractivity contribution in [3.05, 3.63) is 34.9 Å². The van der Waals surface area contributed by atoms with E-state index in [9.17, 15) is 9.90 Å². The van der Waals surface area contributed by atoms with Crippen LogP contribution in [0.15, 0.2) is 18.2 Å². The number of aliphatic hydroxyl groups is 1. The molecule has 0 spiro atoms. The normalized spacial score (nSPS) is 14.9. The van der Waals surface area contributed by atoms with Crippen LogP contribution in [0.3, 0.4) is 0 Å². The Hall–Kier alpha value is -1.35. The second-order valence-corrected chi connectivity index (χ2v) is 5.74. The van der Waals surface area contributed by atoms with Gasteiger partial charge >= 0.3 is 5.97 Å². The molecule has 0 bridgehead atoms. The zero-order chi connectivity index (χ0) is 14.8. The van der Waals surface area contributed by atoms with Crippen LogP contribution in [-0.4, -0.2) is 17.7 Å². The molecule has 3 heteroatoms. The fraction of sp³-hybridized carbons (Fsp3) is 0.562. The third-order valence-electron chi connectivity index (χ3n) is 3.92. The van der Waals surface area contributed by atoms with E-state index in [1.807, 2.05) is 32.0 Å². The number of carbonyl (C=O) groups excluding carboxylic acids is 1. The third kappa shape index (κ3) is 2.81. The smallest absolute Gasteiger partial charge is 0.314 e. The van der Waals surface area contributed by atoms with Crippen LogP contribution in [0.5, 0.6) is 0 Å². The first-order chi connectivity index (χ1) is 8.64. The van der Waals surface area contributed by atoms with Gasteiger partial charge in [-0.15, -0.1) is 0 Å². The molecule has 0 heterocycles. The highest BCUT2D eigenvalue weighted by Gasteiger charge is 2.48. The Morgan fingerprint density at radius 2 is 1.84 bits per heavy atom. The van der Waals surface area contributed by atoms with Crippen LogP contribution in [0, 0.1) is 19.3 Å². The molecule has 0 saturated heterocycles. The topological polar surface area (TPSA) is 46.5 Å². The molecule has 0 aromatic heterocycles. The summed E-state index contributed by atoms with van der Waals surface area (Å²) in [5.74, 6) is -0.388. The molecule has 0 saturated carbocycles. The van der Waals surface area contributed by atoms with Gasteiger partial charge in [0.15, 0.2) is 0 Å². The molecule has 0 aliphatic carbocycles. The number of hydrogen-bond donors (Lipinski definition) is 1. The Morgan fingerprint density at radius 1 is 1.26 bits per heavy atom. The summed E-state index contributed by atoms with van der Waals surface area (Å²) in [7, 11) is 0. The quantitative estimate of drug-likeness (QED) is 0.850. The number of aryl methyl sites for hydroxylation is 2. The number of ether oxygens (including phenoxy) is 1. The Kier molecular flexibility index (Phi) is 4.41. The standard InChI is InChI=1S/C16H24O3/c1-7-19-14(17)15(4,5)16(6,18)13-10-11(2)8-9-12(13)3/h8-10,18H,7H2,1-6H3. The summed E-state index contributed by atoms with van der Waals surface area (Å²) in [5.41, 5.74) is 0.496. The molecule has 3 nitrogen and oxygen atoms in total. The second-order valence-electron chi connectivity index (χ2n) is 5.74. The largest absolute Gasteiger partial charge is 0.465 e. The first-order valence-corrected chi connectivity index (χ1v) is 6.62. The molecule has 1 rings (SSSR count). The lowest BCUT2D eigenvalue weighted by Gasteiger charge is -2.39. The van der Waals surface area contributed by atoms with Gasteiger partial charge in [0.25, 0.3) is 0 Å². The average molecular weight is 264 g/mol. The van der Waals surface area contributed by atoms with Crippen LogP contribution >= 0.6 is 0 Å². The van der Waals surface area contributed by atoms with Crippen molar-refractivity contribution in [2.75, 3.05) is 6.61 Å². The summed E-state index contributed by atoms with van der Waals surface area (Å²) < 4.78 is 5.09. The average Bonchev–Trinajstić information content (AvgIpc) is 2.32. The molecule has 0 amide bonds. The first-order valence-electron chi connectivity index (χ1n) is 6.62. The highest BCUT2D eigenvalue weighted by molar-refractivity contribution is 5.78. The van der Waals surface area contributed by atoms with Crippen LogP contribution < -0.4 is 0 Å². The molecule has 0 fully saturated rings. The molecule has 1 aromatic rings. The number of esters is 1. The summed E-state index contributed by atoms with van der Waals surface area (Å²) in [5, 5.41) is 10.9. The minimum Gasteiger partial charge on any atom is -0.465 e. The van der Waals surface area contributed by atoms with Gasteiger partial charge in [-0.3, -0.25) is 4.79 Å². The van der Waals surface area contributed by atoms with E-state index >= 15 is 0 Å². The zero-order valence-corrected chi connectivity index (χ0v) is 12.7. The van der Waals surface area contributed by atoms with E-state index in [-0.39, 0.29) is 5.97 Å². The highest BCUT2D eigenvalue weighted by Crippen LogP contribution is 2.41. The van der Waals surface area contributed by atoms with Crippen molar-refractivity contribution in [2.24, 2.45) is 5.41 Å². The summed E-state index contributed by atoms with van der Waals surface area (Å²) >= 11 is 0. The zero-order valence-electron chi connectivity index (χ0n) is 12.7. The fourth-order valence-electron chi connectivity index (χ4n) is 2.11. The Balaban J connectivity index is 3.29. The number of rotatable bonds is 4. The van der Waals surface area contributed by atoms with Gasteiger partial charge in [-0.1, -0.05) is 23.8 Å². The van der Waals surface area contributed by atoms with Crippen molar-refractivity contribution in [2.45, 2.75) is 47.1 Å². The van der Waals surface area contributed by atoms with Gasteiger partial charge in [-0.2, -0.15) is 0 Å². The number of carbonyl (C=O) groups is 1. The van der Waals surface area contributed by atoms with Crippen LogP contribution in [0.1, 0.15) is 44.4 Å². The lowest BCUT2D eigenvalue weighted by atomic mass is 9.70. The Bertz CT molecular complexity index is 473. The van der Waals surface area contributed by atoms with Crippen molar-refractivity contribution in [1.29, 1.82) is 0 Å². The van der Waals surface area contributed by atoms with Crippen LogP contribution in [0.25, 0.3) is 0 Å². The first kappa shape index (κ1) is 15.7. The van der Waals surface area contributed by atoms with Gasteiger partial charge in [0.1, 0.15) is 5.60 Å². The molecule has 0 aliphatic rings. The van der Waals surface area contributed by atoms with Gasteiger partial charge in [-0.05, 0) is 52.7 Å². The minimum atomic E-state index is -1.28. The van der Waals surface area contributed by atoms with Crippen molar-refractivity contribution >= 4 is 5.97 Å². The maximum Gasteiger partial charge on any atom is 0.314 e. The van der Waals surface area contributed by atoms with Crippen LogP contribution in [-0.2, 0) is 15.1 Å². The predicted molar refractivity (Wildman–Crippen MR) is 75.9 cm³/mol. The van der Waals surface area contributed by atoms with E-state index in [0.29, 0.717) is 6.61 Å². The lowest BCUT2D eigenvalue weighted by molar-refractivity contribution is -0.170. The van der Waals surface area contributed by atoms with E-state index in [1.54, 1.807) is 27.7 Å². The third-order valence-corrected chi connectivity index (χ3v) is 3.92. The molecule has 106 valence electrons. The highest BCUT2D eigenvalue weighted by atomic mass is 16.5.